The molecule has 0 saturated heterocycles. The quantitative estimate of drug-likeness (QED) is 0.169. The molecule has 3 aromatic carbocycles. The molecule has 4 aromatic rings. The number of fused-ring (bicyclic) bond motifs is 2. The lowest BCUT2D eigenvalue weighted by atomic mass is 9.95. The molecule has 0 spiro atoms. The summed E-state index contributed by atoms with van der Waals surface area (Å²) in [6, 6.07) is 18.0. The molecule has 0 bridgehead atoms. The second kappa shape index (κ2) is 11.6. The lowest BCUT2D eigenvalue weighted by Crippen LogP contribution is -2.39. The van der Waals surface area contributed by atoms with Gasteiger partial charge in [-0.25, -0.2) is 9.79 Å². The van der Waals surface area contributed by atoms with Gasteiger partial charge in [-0.05, 0) is 73.0 Å². The molecule has 2 aliphatic heterocycles. The highest BCUT2D eigenvalue weighted by Gasteiger charge is 2.34. The van der Waals surface area contributed by atoms with E-state index in [0.29, 0.717) is 37.8 Å². The zero-order valence-electron chi connectivity index (χ0n) is 23.1. The van der Waals surface area contributed by atoms with Crippen molar-refractivity contribution in [2.75, 3.05) is 13.4 Å². The molecule has 0 aliphatic carbocycles. The summed E-state index contributed by atoms with van der Waals surface area (Å²) in [5.41, 5.74) is 2.62. The van der Waals surface area contributed by atoms with Gasteiger partial charge < -0.3 is 18.9 Å². The maximum atomic E-state index is 13.9. The van der Waals surface area contributed by atoms with Gasteiger partial charge in [0, 0.05) is 12.1 Å². The fourth-order valence-electron chi connectivity index (χ4n) is 4.92. The summed E-state index contributed by atoms with van der Waals surface area (Å²) in [7, 11) is 0. The van der Waals surface area contributed by atoms with E-state index in [9.17, 15) is 19.7 Å². The van der Waals surface area contributed by atoms with Crippen LogP contribution in [0.4, 0.5) is 5.69 Å². The highest BCUT2D eigenvalue weighted by Crippen LogP contribution is 2.38. The Hall–Kier alpha value is -5.23. The van der Waals surface area contributed by atoms with Crippen LogP contribution in [-0.4, -0.2) is 28.9 Å². The molecule has 11 nitrogen and oxygen atoms in total. The number of nitro groups is 1. The third-order valence-electron chi connectivity index (χ3n) is 6.94. The first kappa shape index (κ1) is 27.9. The van der Waals surface area contributed by atoms with E-state index in [-0.39, 0.29) is 36.8 Å². The minimum absolute atomic E-state index is 0.0116. The number of allylic oxidation sites excluding steroid dienone is 1. The Labute approximate surface area is 248 Å². The highest BCUT2D eigenvalue weighted by molar-refractivity contribution is 7.07. The molecule has 0 amide bonds. The van der Waals surface area contributed by atoms with E-state index in [2.05, 4.69) is 4.99 Å². The first-order valence-corrected chi connectivity index (χ1v) is 14.2. The summed E-state index contributed by atoms with van der Waals surface area (Å²) < 4.78 is 24.2. The van der Waals surface area contributed by atoms with Gasteiger partial charge in [0.15, 0.2) is 16.3 Å². The predicted octanol–water partition coefficient (Wildman–Crippen LogP) is 4.01. The van der Waals surface area contributed by atoms with E-state index in [1.807, 2.05) is 12.1 Å². The molecule has 1 unspecified atom stereocenters. The maximum absolute atomic E-state index is 13.9. The summed E-state index contributed by atoms with van der Waals surface area (Å²) in [5.74, 6) is 1.14. The van der Waals surface area contributed by atoms with Gasteiger partial charge in [0.25, 0.3) is 11.2 Å². The van der Waals surface area contributed by atoms with E-state index in [4.69, 9.17) is 18.9 Å². The first-order valence-electron chi connectivity index (χ1n) is 13.4. The Balaban J connectivity index is 1.35. The van der Waals surface area contributed by atoms with E-state index < -0.39 is 16.9 Å². The van der Waals surface area contributed by atoms with Gasteiger partial charge in [-0.1, -0.05) is 29.5 Å². The summed E-state index contributed by atoms with van der Waals surface area (Å²) in [4.78, 5) is 42.6. The number of nitro benzene ring substituents is 1. The Morgan fingerprint density at radius 2 is 1.93 bits per heavy atom. The molecule has 0 saturated carbocycles. The zero-order valence-corrected chi connectivity index (χ0v) is 24.0. The second-order valence-electron chi connectivity index (χ2n) is 9.70. The third-order valence-corrected chi connectivity index (χ3v) is 7.92. The largest absolute Gasteiger partial charge is 0.489 e. The maximum Gasteiger partial charge on any atom is 0.338 e. The Morgan fingerprint density at radius 1 is 1.14 bits per heavy atom. The molecule has 218 valence electrons. The number of esters is 1. The molecule has 3 heterocycles. The van der Waals surface area contributed by atoms with Gasteiger partial charge in [-0.3, -0.25) is 19.5 Å². The monoisotopic (exact) mass is 599 g/mol. The summed E-state index contributed by atoms with van der Waals surface area (Å²) in [5, 5.41) is 10.9. The Kier molecular flexibility index (Phi) is 7.51. The summed E-state index contributed by atoms with van der Waals surface area (Å²) in [6.07, 6.45) is 1.75. The normalized spacial score (nSPS) is 15.6. The minimum Gasteiger partial charge on any atom is -0.489 e. The van der Waals surface area contributed by atoms with Crippen molar-refractivity contribution in [3.05, 3.63) is 124 Å². The van der Waals surface area contributed by atoms with Crippen LogP contribution in [0.25, 0.3) is 6.08 Å². The molecule has 0 N–H and O–H groups in total. The van der Waals surface area contributed by atoms with Crippen LogP contribution in [-0.2, 0) is 16.1 Å². The summed E-state index contributed by atoms with van der Waals surface area (Å²) >= 11 is 1.22. The first-order chi connectivity index (χ1) is 20.8. The van der Waals surface area contributed by atoms with Crippen molar-refractivity contribution in [2.45, 2.75) is 26.5 Å². The number of carbonyl (C=O) groups is 1. The number of thiazole rings is 1. The standard InChI is InChI=1S/C31H25N3O8S/c1-3-39-30(36)27-18(2)32-31-33(28(27)21-9-12-24-25(15-21)42-17-41-24)29(35)26(43-31)14-20-5-4-6-23(13-20)40-16-19-7-10-22(11-8-19)34(37)38/h4-15,28H,3,16-17H2,1-2H3. The molecule has 12 heteroatoms. The van der Waals surface area contributed by atoms with Gasteiger partial charge in [0.2, 0.25) is 6.79 Å². The number of non-ortho nitro benzene ring substituents is 1. The highest BCUT2D eigenvalue weighted by atomic mass is 32.1. The second-order valence-corrected chi connectivity index (χ2v) is 10.7. The van der Waals surface area contributed by atoms with Gasteiger partial charge in [0.1, 0.15) is 12.4 Å². The number of hydrogen-bond donors (Lipinski definition) is 0. The van der Waals surface area contributed by atoms with Crippen LogP contribution in [0, 0.1) is 10.1 Å². The molecule has 0 radical (unpaired) electrons. The predicted molar refractivity (Wildman–Crippen MR) is 157 cm³/mol. The fourth-order valence-corrected chi connectivity index (χ4v) is 5.96. The van der Waals surface area contributed by atoms with Gasteiger partial charge in [-0.2, -0.15) is 0 Å². The number of aromatic nitrogens is 1. The van der Waals surface area contributed by atoms with Crippen LogP contribution in [0.3, 0.4) is 0 Å². The van der Waals surface area contributed by atoms with Crippen molar-refractivity contribution in [3.8, 4) is 17.2 Å². The van der Waals surface area contributed by atoms with Crippen molar-refractivity contribution in [2.24, 2.45) is 4.99 Å². The summed E-state index contributed by atoms with van der Waals surface area (Å²) in [6.45, 7) is 3.95. The van der Waals surface area contributed by atoms with E-state index in [1.54, 1.807) is 62.4 Å². The van der Waals surface area contributed by atoms with Crippen LogP contribution in [0.5, 0.6) is 17.2 Å². The number of carbonyl (C=O) groups excluding carboxylic acids is 1. The molecule has 0 fully saturated rings. The molecule has 2 aliphatic rings. The molecular weight excluding hydrogens is 574 g/mol. The van der Waals surface area contributed by atoms with Crippen LogP contribution in [0.15, 0.2) is 87.8 Å². The number of benzene rings is 3. The number of rotatable bonds is 8. The average Bonchev–Trinajstić information content (AvgIpc) is 3.59. The van der Waals surface area contributed by atoms with E-state index in [1.165, 1.54) is 28.0 Å². The molecule has 1 atom stereocenters. The van der Waals surface area contributed by atoms with Gasteiger partial charge >= 0.3 is 5.97 Å². The lowest BCUT2D eigenvalue weighted by Gasteiger charge is -2.24. The zero-order chi connectivity index (χ0) is 30.1. The molecule has 43 heavy (non-hydrogen) atoms. The fraction of sp³-hybridized carbons (Fsp3) is 0.194. The number of nitrogens with zero attached hydrogens (tertiary/aromatic N) is 3. The third kappa shape index (κ3) is 5.52. The average molecular weight is 600 g/mol. The van der Waals surface area contributed by atoms with Crippen LogP contribution in [0.1, 0.15) is 36.6 Å². The van der Waals surface area contributed by atoms with Crippen LogP contribution >= 0.6 is 11.3 Å². The van der Waals surface area contributed by atoms with E-state index in [0.717, 1.165) is 11.1 Å². The van der Waals surface area contributed by atoms with Crippen molar-refractivity contribution in [1.82, 2.24) is 4.57 Å². The minimum atomic E-state index is -0.775. The van der Waals surface area contributed by atoms with Crippen molar-refractivity contribution < 1.29 is 28.7 Å². The van der Waals surface area contributed by atoms with Crippen LogP contribution < -0.4 is 29.1 Å². The van der Waals surface area contributed by atoms with Crippen LogP contribution in [0.2, 0.25) is 0 Å². The van der Waals surface area contributed by atoms with Crippen molar-refractivity contribution in [1.29, 1.82) is 0 Å². The lowest BCUT2D eigenvalue weighted by molar-refractivity contribution is -0.384. The SMILES string of the molecule is CCOC(=O)C1=C(C)N=c2sc(=Cc3cccc(OCc4ccc([N+](=O)[O-])cc4)c3)c(=O)n2C1c1ccc2c(c1)OCO2. The Bertz CT molecular complexity index is 1960. The number of ether oxygens (including phenoxy) is 4. The molecule has 6 rings (SSSR count). The molecule has 1 aromatic heterocycles. The number of hydrogen-bond acceptors (Lipinski definition) is 10. The smallest absolute Gasteiger partial charge is 0.338 e. The molecular formula is C31H25N3O8S. The van der Waals surface area contributed by atoms with Crippen molar-refractivity contribution >= 4 is 29.1 Å². The van der Waals surface area contributed by atoms with Crippen molar-refractivity contribution in [3.63, 3.8) is 0 Å². The topological polar surface area (TPSA) is 131 Å². The Morgan fingerprint density at radius 3 is 2.70 bits per heavy atom. The van der Waals surface area contributed by atoms with Gasteiger partial charge in [0.05, 0.1) is 33.4 Å². The van der Waals surface area contributed by atoms with E-state index >= 15 is 0 Å². The van der Waals surface area contributed by atoms with Gasteiger partial charge in [-0.15, -0.1) is 0 Å².